The molecule has 5 nitrogen and oxygen atoms in total. The molecule has 7 radical (unpaired) electrons. The topological polar surface area (TPSA) is 89.8 Å². The minimum absolute atomic E-state index is 0.0745. The van der Waals surface area contributed by atoms with Crippen molar-refractivity contribution in [2.45, 2.75) is 13.8 Å². The second kappa shape index (κ2) is 7.25. The van der Waals surface area contributed by atoms with E-state index < -0.39 is 18.2 Å². The van der Waals surface area contributed by atoms with Gasteiger partial charge in [-0.25, -0.2) is 0 Å². The maximum absolute atomic E-state index is 12.5. The number of nitrogens with one attached hydrogen (secondary N) is 1. The zero-order valence-corrected chi connectivity index (χ0v) is 13.9. The van der Waals surface area contributed by atoms with Crippen LogP contribution in [0, 0.1) is 13.8 Å². The van der Waals surface area contributed by atoms with Crippen LogP contribution in [0.15, 0.2) is 18.2 Å². The normalized spacial score (nSPS) is 10.3. The molecule has 0 heterocycles. The van der Waals surface area contributed by atoms with E-state index >= 15 is 0 Å². The van der Waals surface area contributed by atoms with Gasteiger partial charge in [-0.15, -0.1) is 0 Å². The van der Waals surface area contributed by atoms with Crippen LogP contribution in [0.25, 0.3) is 0 Å². The Kier molecular flexibility index (Phi) is 5.50. The lowest BCUT2D eigenvalue weighted by molar-refractivity contribution is 0.102. The zero-order valence-electron chi connectivity index (χ0n) is 13.9. The van der Waals surface area contributed by atoms with Gasteiger partial charge >= 0.3 is 0 Å². The van der Waals surface area contributed by atoms with E-state index in [-0.39, 0.29) is 22.7 Å². The van der Waals surface area contributed by atoms with Crippen LogP contribution in [0.1, 0.15) is 21.5 Å². The third-order valence-electron chi connectivity index (χ3n) is 3.93. The summed E-state index contributed by atoms with van der Waals surface area (Å²) in [6, 6.07) is 4.02. The van der Waals surface area contributed by atoms with Crippen molar-refractivity contribution < 1.29 is 20.1 Å². The van der Waals surface area contributed by atoms with Crippen molar-refractivity contribution in [3.63, 3.8) is 0 Å². The van der Waals surface area contributed by atoms with Gasteiger partial charge in [0, 0.05) is 34.5 Å². The van der Waals surface area contributed by atoms with Gasteiger partial charge in [-0.1, -0.05) is 10.9 Å². The highest BCUT2D eigenvalue weighted by Gasteiger charge is 2.19. The molecule has 0 aliphatic heterocycles. The van der Waals surface area contributed by atoms with E-state index in [1.165, 1.54) is 19.3 Å². The molecule has 0 saturated heterocycles. The molecule has 0 aliphatic rings. The molecule has 25 heavy (non-hydrogen) atoms. The third kappa shape index (κ3) is 3.68. The van der Waals surface area contributed by atoms with Crippen molar-refractivity contribution in [2.24, 2.45) is 0 Å². The summed E-state index contributed by atoms with van der Waals surface area (Å²) in [6.45, 7) is 2.22. The fourth-order valence-electron chi connectivity index (χ4n) is 2.59. The molecular weight excluding hydrogens is 312 g/mol. The average Bonchev–Trinajstić information content (AvgIpc) is 2.54. The Morgan fingerprint density at radius 2 is 1.76 bits per heavy atom. The van der Waals surface area contributed by atoms with Crippen molar-refractivity contribution in [1.82, 2.24) is 0 Å². The molecule has 0 unspecified atom stereocenters. The Balaban J connectivity index is 2.49. The van der Waals surface area contributed by atoms with Gasteiger partial charge in [0.15, 0.2) is 11.5 Å². The van der Waals surface area contributed by atoms with Gasteiger partial charge < -0.3 is 20.6 Å². The maximum Gasteiger partial charge on any atom is 0.255 e. The largest absolute Gasteiger partial charge is 0.508 e. The standard InChI is InChI=1S/C15H13B5NO4/c1-6-3-8(4-11(22)13(6)23)15(25)21-10-5-9(19-16)14(24)7(2)12(10)20(17)18/h3-5,22-24H,1-2H3,(H,21,25). The van der Waals surface area contributed by atoms with Gasteiger partial charge in [0.2, 0.25) is 0 Å². The number of rotatable bonds is 4. The van der Waals surface area contributed by atoms with Gasteiger partial charge in [0.25, 0.3) is 5.91 Å². The Bertz CT molecular complexity index is 818. The molecule has 0 aliphatic carbocycles. The molecule has 2 aromatic carbocycles. The van der Waals surface area contributed by atoms with Crippen molar-refractivity contribution >= 4 is 59.4 Å². The van der Waals surface area contributed by atoms with Crippen LogP contribution in [-0.4, -0.2) is 58.1 Å². The third-order valence-corrected chi connectivity index (χ3v) is 3.93. The Labute approximate surface area is 151 Å². The summed E-state index contributed by atoms with van der Waals surface area (Å²) in [6.07, 6.45) is 0. The van der Waals surface area contributed by atoms with Crippen LogP contribution in [0.3, 0.4) is 0 Å². The molecule has 0 bridgehead atoms. The number of anilines is 1. The fraction of sp³-hybridized carbons (Fsp3) is 0.133. The smallest absolute Gasteiger partial charge is 0.255 e. The van der Waals surface area contributed by atoms with Gasteiger partial charge in [-0.05, 0) is 43.2 Å². The molecule has 0 atom stereocenters. The number of phenolic OH excluding ortho intramolecular Hbond substituents is 3. The van der Waals surface area contributed by atoms with Gasteiger partial charge in [0.05, 0.1) is 6.49 Å². The highest BCUT2D eigenvalue weighted by molar-refractivity contribution is 7.35. The lowest BCUT2D eigenvalue weighted by Gasteiger charge is -2.20. The number of aryl methyl sites for hydroxylation is 1. The molecule has 0 aromatic heterocycles. The summed E-state index contributed by atoms with van der Waals surface area (Å²) in [4.78, 5) is 12.5. The van der Waals surface area contributed by atoms with Crippen LogP contribution < -0.4 is 16.2 Å². The minimum Gasteiger partial charge on any atom is -0.508 e. The first kappa shape index (κ1) is 19.0. The number of phenols is 3. The predicted molar refractivity (Wildman–Crippen MR) is 103 cm³/mol. The number of hydrogen-bond donors (Lipinski definition) is 4. The average molecular weight is 325 g/mol. The first-order valence-corrected chi connectivity index (χ1v) is 7.43. The monoisotopic (exact) mass is 326 g/mol. The van der Waals surface area contributed by atoms with E-state index in [2.05, 4.69) is 5.32 Å². The fourth-order valence-corrected chi connectivity index (χ4v) is 2.59. The molecule has 117 valence electrons. The Morgan fingerprint density at radius 1 is 1.12 bits per heavy atom. The number of carbonyl (C=O) groups is 1. The number of benzene rings is 2. The highest BCUT2D eigenvalue weighted by Crippen LogP contribution is 2.30. The number of aromatic hydroxyl groups is 3. The van der Waals surface area contributed by atoms with Gasteiger partial charge in [0.1, 0.15) is 12.9 Å². The van der Waals surface area contributed by atoms with Crippen molar-refractivity contribution in [2.75, 3.05) is 5.32 Å². The number of hydrogen-bond acceptors (Lipinski definition) is 4. The molecule has 0 spiro atoms. The van der Waals surface area contributed by atoms with E-state index in [4.69, 9.17) is 23.2 Å². The van der Waals surface area contributed by atoms with Crippen LogP contribution in [0.4, 0.5) is 5.69 Å². The van der Waals surface area contributed by atoms with Crippen LogP contribution in [0.5, 0.6) is 17.2 Å². The first-order chi connectivity index (χ1) is 11.7. The highest BCUT2D eigenvalue weighted by atomic mass is 16.3. The van der Waals surface area contributed by atoms with Gasteiger partial charge in [-0.3, -0.25) is 4.79 Å². The number of amides is 1. The van der Waals surface area contributed by atoms with Crippen LogP contribution in [-0.2, 0) is 0 Å². The minimum atomic E-state index is -0.942. The molecule has 0 saturated carbocycles. The van der Waals surface area contributed by atoms with Crippen LogP contribution >= 0.6 is 0 Å². The predicted octanol–water partition coefficient (Wildman–Crippen LogP) is -0.882. The molecule has 10 heteroatoms. The van der Waals surface area contributed by atoms with Gasteiger partial charge in [-0.2, -0.15) is 0 Å². The first-order valence-electron chi connectivity index (χ1n) is 7.43. The SMILES string of the molecule is [B][B]c1cc(NC(=O)c2cc(C)c(O)c(O)c2)c(B([B])[B])c(C)c1O. The molecule has 0 fully saturated rings. The second-order valence-electron chi connectivity index (χ2n) is 5.71. The van der Waals surface area contributed by atoms with Crippen molar-refractivity contribution in [1.29, 1.82) is 0 Å². The zero-order chi connectivity index (χ0) is 18.9. The molecular formula is C15H13B5NO4. The lowest BCUT2D eigenvalue weighted by atomic mass is 9.16. The Hall–Kier alpha value is -2.37. The number of carbonyl (C=O) groups excluding carboxylic acids is 1. The maximum atomic E-state index is 12.5. The van der Waals surface area contributed by atoms with E-state index in [0.717, 1.165) is 6.07 Å². The van der Waals surface area contributed by atoms with E-state index in [1.807, 2.05) is 0 Å². The molecule has 1 amide bonds. The molecule has 2 rings (SSSR count). The summed E-state index contributed by atoms with van der Waals surface area (Å²) in [5.74, 6) is -1.32. The molecule has 4 N–H and O–H groups in total. The van der Waals surface area contributed by atoms with E-state index in [1.54, 1.807) is 13.8 Å². The second-order valence-corrected chi connectivity index (χ2v) is 5.71. The lowest BCUT2D eigenvalue weighted by Crippen LogP contribution is -2.39. The molecule has 2 aromatic rings. The quantitative estimate of drug-likeness (QED) is 0.334. The van der Waals surface area contributed by atoms with Crippen LogP contribution in [0.2, 0.25) is 0 Å². The summed E-state index contributed by atoms with van der Waals surface area (Å²) >= 11 is 0. The summed E-state index contributed by atoms with van der Waals surface area (Å²) in [7, 11) is 18.2. The van der Waals surface area contributed by atoms with E-state index in [9.17, 15) is 20.1 Å². The summed E-state index contributed by atoms with van der Waals surface area (Å²) in [5.41, 5.74) is 1.83. The summed E-state index contributed by atoms with van der Waals surface area (Å²) in [5, 5.41) is 32.0. The van der Waals surface area contributed by atoms with Crippen molar-refractivity contribution in [3.8, 4) is 17.2 Å². The van der Waals surface area contributed by atoms with Crippen molar-refractivity contribution in [3.05, 3.63) is 34.9 Å². The summed E-state index contributed by atoms with van der Waals surface area (Å²) < 4.78 is 0. The van der Waals surface area contributed by atoms with E-state index in [0.29, 0.717) is 22.1 Å². The Morgan fingerprint density at radius 3 is 2.28 bits per heavy atom.